The second kappa shape index (κ2) is 4.89. The fourth-order valence-electron chi connectivity index (χ4n) is 4.54. The zero-order valence-electron chi connectivity index (χ0n) is 12.7. The molecule has 0 aliphatic heterocycles. The Morgan fingerprint density at radius 2 is 2.00 bits per heavy atom. The molecular weight excluding hydrogens is 305 g/mol. The van der Waals surface area contributed by atoms with E-state index in [2.05, 4.69) is 26.1 Å². The first-order chi connectivity index (χ1) is 9.74. The first-order valence-corrected chi connectivity index (χ1v) is 8.25. The van der Waals surface area contributed by atoms with Gasteiger partial charge in [0.15, 0.2) is 0 Å². The second-order valence-electron chi connectivity index (χ2n) is 7.45. The molecule has 2 fully saturated rings. The van der Waals surface area contributed by atoms with Crippen molar-refractivity contribution in [3.8, 4) is 0 Å². The molecule has 2 nitrogen and oxygen atoms in total. The smallest absolute Gasteiger partial charge is 0.253 e. The number of nitrogens with one attached hydrogen (secondary N) is 1. The van der Waals surface area contributed by atoms with Gasteiger partial charge in [-0.05, 0) is 54.2 Å². The second-order valence-corrected chi connectivity index (χ2v) is 8.29. The number of halogens is 2. The standard InChI is InChI=1S/C17H21Cl2NO/c1-16(2)10-6-7-17(3,9-10)15(16)20-14(21)12-5-4-11(18)8-13(12)19/h4-5,8,10,15H,6-7,9H2,1-3H3,(H,20,21)/t10-,15-,17-/m1/s1. The van der Waals surface area contributed by atoms with Crippen LogP contribution in [0.5, 0.6) is 0 Å². The Balaban J connectivity index is 1.85. The summed E-state index contributed by atoms with van der Waals surface area (Å²) < 4.78 is 0. The van der Waals surface area contributed by atoms with Gasteiger partial charge in [-0.15, -0.1) is 0 Å². The Kier molecular flexibility index (Phi) is 3.53. The van der Waals surface area contributed by atoms with Crippen LogP contribution < -0.4 is 5.32 Å². The molecule has 0 heterocycles. The molecule has 0 unspecified atom stereocenters. The van der Waals surface area contributed by atoms with Gasteiger partial charge in [0.1, 0.15) is 0 Å². The first kappa shape index (κ1) is 15.2. The molecule has 2 aliphatic rings. The number of amides is 1. The van der Waals surface area contributed by atoms with Gasteiger partial charge in [0, 0.05) is 11.1 Å². The molecule has 0 spiro atoms. The van der Waals surface area contributed by atoms with Gasteiger partial charge in [-0.3, -0.25) is 4.79 Å². The Labute approximate surface area is 136 Å². The van der Waals surface area contributed by atoms with E-state index in [4.69, 9.17) is 23.2 Å². The molecule has 1 aromatic rings. The molecule has 0 radical (unpaired) electrons. The highest BCUT2D eigenvalue weighted by Crippen LogP contribution is 2.62. The molecule has 114 valence electrons. The summed E-state index contributed by atoms with van der Waals surface area (Å²) in [6.07, 6.45) is 3.68. The van der Waals surface area contributed by atoms with E-state index >= 15 is 0 Å². The van der Waals surface area contributed by atoms with Crippen LogP contribution in [0.2, 0.25) is 10.0 Å². The van der Waals surface area contributed by atoms with Crippen LogP contribution >= 0.6 is 23.2 Å². The van der Waals surface area contributed by atoms with Gasteiger partial charge in [-0.1, -0.05) is 44.0 Å². The molecular formula is C17H21Cl2NO. The lowest BCUT2D eigenvalue weighted by Crippen LogP contribution is -2.52. The van der Waals surface area contributed by atoms with E-state index in [1.807, 2.05) is 0 Å². The molecule has 1 amide bonds. The van der Waals surface area contributed by atoms with E-state index in [0.717, 1.165) is 0 Å². The van der Waals surface area contributed by atoms with Crippen LogP contribution in [-0.4, -0.2) is 11.9 Å². The number of hydrogen-bond acceptors (Lipinski definition) is 1. The highest BCUT2D eigenvalue weighted by Gasteiger charge is 2.59. The third-order valence-electron chi connectivity index (χ3n) is 5.72. The van der Waals surface area contributed by atoms with Crippen molar-refractivity contribution in [1.29, 1.82) is 0 Å². The SMILES string of the molecule is CC1(C)[C@@H]2CC[C@](C)(C2)[C@@H]1NC(=O)c1ccc(Cl)cc1Cl. The number of carbonyl (C=O) groups is 1. The summed E-state index contributed by atoms with van der Waals surface area (Å²) in [5.41, 5.74) is 0.854. The highest BCUT2D eigenvalue weighted by molar-refractivity contribution is 6.36. The summed E-state index contributed by atoms with van der Waals surface area (Å²) in [5, 5.41) is 4.20. The topological polar surface area (TPSA) is 29.1 Å². The van der Waals surface area contributed by atoms with Gasteiger partial charge in [-0.25, -0.2) is 0 Å². The van der Waals surface area contributed by atoms with Crippen molar-refractivity contribution < 1.29 is 4.79 Å². The third kappa shape index (κ3) is 2.37. The minimum Gasteiger partial charge on any atom is -0.348 e. The number of carbonyl (C=O) groups excluding carboxylic acids is 1. The van der Waals surface area contributed by atoms with Gasteiger partial charge < -0.3 is 5.32 Å². The number of rotatable bonds is 2. The molecule has 3 rings (SSSR count). The fourth-order valence-corrected chi connectivity index (χ4v) is 5.04. The van der Waals surface area contributed by atoms with Gasteiger partial charge >= 0.3 is 0 Å². The average molecular weight is 326 g/mol. The summed E-state index contributed by atoms with van der Waals surface area (Å²) >= 11 is 12.0. The fraction of sp³-hybridized carbons (Fsp3) is 0.588. The van der Waals surface area contributed by atoms with Crippen molar-refractivity contribution in [2.75, 3.05) is 0 Å². The predicted molar refractivity (Wildman–Crippen MR) is 86.9 cm³/mol. The molecule has 0 saturated heterocycles. The number of hydrogen-bond donors (Lipinski definition) is 1. The van der Waals surface area contributed by atoms with Crippen molar-refractivity contribution in [1.82, 2.24) is 5.32 Å². The quantitative estimate of drug-likeness (QED) is 0.819. The van der Waals surface area contributed by atoms with Crippen LogP contribution in [-0.2, 0) is 0 Å². The predicted octanol–water partition coefficient (Wildman–Crippen LogP) is 4.94. The lowest BCUT2D eigenvalue weighted by atomic mass is 9.68. The van der Waals surface area contributed by atoms with Crippen molar-refractivity contribution in [2.24, 2.45) is 16.7 Å². The maximum absolute atomic E-state index is 12.6. The summed E-state index contributed by atoms with van der Waals surface area (Å²) in [5.74, 6) is 0.608. The van der Waals surface area contributed by atoms with Crippen molar-refractivity contribution in [3.63, 3.8) is 0 Å². The normalized spacial score (nSPS) is 33.2. The molecule has 3 atom stereocenters. The van der Waals surface area contributed by atoms with E-state index in [1.165, 1.54) is 19.3 Å². The summed E-state index contributed by atoms with van der Waals surface area (Å²) in [4.78, 5) is 12.6. The molecule has 4 heteroatoms. The zero-order valence-corrected chi connectivity index (χ0v) is 14.2. The molecule has 1 aromatic carbocycles. The summed E-state index contributed by atoms with van der Waals surface area (Å²) in [6, 6.07) is 5.22. The maximum atomic E-state index is 12.6. The molecule has 2 saturated carbocycles. The third-order valence-corrected chi connectivity index (χ3v) is 6.27. The van der Waals surface area contributed by atoms with E-state index in [-0.39, 0.29) is 22.8 Å². The number of fused-ring (bicyclic) bond motifs is 2. The van der Waals surface area contributed by atoms with Crippen LogP contribution in [0.25, 0.3) is 0 Å². The van der Waals surface area contributed by atoms with Crippen LogP contribution in [0.4, 0.5) is 0 Å². The van der Waals surface area contributed by atoms with Crippen molar-refractivity contribution in [3.05, 3.63) is 33.8 Å². The molecule has 2 aliphatic carbocycles. The van der Waals surface area contributed by atoms with Crippen LogP contribution in [0.15, 0.2) is 18.2 Å². The molecule has 2 bridgehead atoms. The zero-order chi connectivity index (χ0) is 15.4. The lowest BCUT2D eigenvalue weighted by Gasteiger charge is -2.43. The van der Waals surface area contributed by atoms with Crippen LogP contribution in [0, 0.1) is 16.7 Å². The largest absolute Gasteiger partial charge is 0.348 e. The molecule has 1 N–H and O–H groups in total. The summed E-state index contributed by atoms with van der Waals surface area (Å²) in [6.45, 7) is 6.85. The van der Waals surface area contributed by atoms with Gasteiger partial charge in [-0.2, -0.15) is 0 Å². The Morgan fingerprint density at radius 1 is 1.29 bits per heavy atom. The monoisotopic (exact) mass is 325 g/mol. The lowest BCUT2D eigenvalue weighted by molar-refractivity contribution is 0.0737. The van der Waals surface area contributed by atoms with Crippen molar-refractivity contribution >= 4 is 29.1 Å². The first-order valence-electron chi connectivity index (χ1n) is 7.50. The van der Waals surface area contributed by atoms with Crippen molar-refractivity contribution in [2.45, 2.75) is 46.1 Å². The Morgan fingerprint density at radius 3 is 2.57 bits per heavy atom. The molecule has 0 aromatic heterocycles. The summed E-state index contributed by atoms with van der Waals surface area (Å²) in [7, 11) is 0. The molecule has 21 heavy (non-hydrogen) atoms. The van der Waals surface area contributed by atoms with Gasteiger partial charge in [0.2, 0.25) is 0 Å². The van der Waals surface area contributed by atoms with Gasteiger partial charge in [0.25, 0.3) is 5.91 Å². The minimum absolute atomic E-state index is 0.0940. The van der Waals surface area contributed by atoms with Crippen LogP contribution in [0.1, 0.15) is 50.4 Å². The Bertz CT molecular complexity index is 594. The number of benzene rings is 1. The average Bonchev–Trinajstić information content (AvgIpc) is 2.85. The minimum atomic E-state index is -0.0940. The Hall–Kier alpha value is -0.730. The van der Waals surface area contributed by atoms with Crippen LogP contribution in [0.3, 0.4) is 0 Å². The maximum Gasteiger partial charge on any atom is 0.253 e. The van der Waals surface area contributed by atoms with Gasteiger partial charge in [0.05, 0.1) is 10.6 Å². The van der Waals surface area contributed by atoms with E-state index in [1.54, 1.807) is 18.2 Å². The van der Waals surface area contributed by atoms with E-state index in [0.29, 0.717) is 21.5 Å². The van der Waals surface area contributed by atoms with E-state index in [9.17, 15) is 4.79 Å². The van der Waals surface area contributed by atoms with E-state index < -0.39 is 0 Å². The highest BCUT2D eigenvalue weighted by atomic mass is 35.5.